The molecule has 10 heteroatoms. The summed E-state index contributed by atoms with van der Waals surface area (Å²) >= 11 is 0. The molecule has 174 valence electrons. The first-order valence-corrected chi connectivity index (χ1v) is 10.4. The number of nitrogens with one attached hydrogen (secondary N) is 3. The summed E-state index contributed by atoms with van der Waals surface area (Å²) in [5.74, 6) is -2.27. The molecule has 0 aliphatic heterocycles. The van der Waals surface area contributed by atoms with Crippen LogP contribution in [0.3, 0.4) is 0 Å². The van der Waals surface area contributed by atoms with Crippen molar-refractivity contribution in [1.29, 1.82) is 0 Å². The number of benzene rings is 3. The Balaban J connectivity index is 1.63. The summed E-state index contributed by atoms with van der Waals surface area (Å²) < 4.78 is 0. The molecule has 0 fully saturated rings. The van der Waals surface area contributed by atoms with Crippen molar-refractivity contribution in [2.24, 2.45) is 5.10 Å². The fourth-order valence-electron chi connectivity index (χ4n) is 3.36. The van der Waals surface area contributed by atoms with Gasteiger partial charge < -0.3 is 10.4 Å². The van der Waals surface area contributed by atoms with Gasteiger partial charge in [0, 0.05) is 10.9 Å². The number of fused-ring (bicyclic) bond motifs is 1. The van der Waals surface area contributed by atoms with Gasteiger partial charge in [0.05, 0.1) is 17.2 Å². The van der Waals surface area contributed by atoms with E-state index in [1.165, 1.54) is 30.5 Å². The topological polar surface area (TPSA) is 154 Å². The van der Waals surface area contributed by atoms with E-state index in [9.17, 15) is 19.2 Å². The third-order valence-electron chi connectivity index (χ3n) is 5.12. The maximum atomic E-state index is 13.1. The number of hydrogen-bond acceptors (Lipinski definition) is 6. The van der Waals surface area contributed by atoms with Gasteiger partial charge in [-0.1, -0.05) is 48.5 Å². The Morgan fingerprint density at radius 3 is 2.23 bits per heavy atom. The summed E-state index contributed by atoms with van der Waals surface area (Å²) in [6.07, 6.45) is 1.33. The van der Waals surface area contributed by atoms with Gasteiger partial charge in [0.15, 0.2) is 6.04 Å². The Kier molecular flexibility index (Phi) is 6.73. The van der Waals surface area contributed by atoms with E-state index in [1.807, 2.05) is 0 Å². The molecule has 4 rings (SSSR count). The van der Waals surface area contributed by atoms with Crippen LogP contribution >= 0.6 is 0 Å². The monoisotopic (exact) mass is 469 g/mol. The highest BCUT2D eigenvalue weighted by Crippen LogP contribution is 2.20. The van der Waals surface area contributed by atoms with Crippen LogP contribution in [0.15, 0.2) is 88.8 Å². The number of amides is 2. The number of aromatic carboxylic acids is 1. The van der Waals surface area contributed by atoms with Crippen LogP contribution in [0.4, 0.5) is 0 Å². The second-order valence-electron chi connectivity index (χ2n) is 7.42. The number of carbonyl (C=O) groups is 3. The summed E-state index contributed by atoms with van der Waals surface area (Å²) in [6, 6.07) is 19.5. The molecule has 0 saturated carbocycles. The summed E-state index contributed by atoms with van der Waals surface area (Å²) in [5.41, 5.74) is 3.08. The predicted octanol–water partition coefficient (Wildman–Crippen LogP) is 2.24. The van der Waals surface area contributed by atoms with Gasteiger partial charge in [-0.15, -0.1) is 0 Å². The summed E-state index contributed by atoms with van der Waals surface area (Å²) in [4.78, 5) is 49.1. The quantitative estimate of drug-likeness (QED) is 0.240. The third-order valence-corrected chi connectivity index (χ3v) is 5.12. The van der Waals surface area contributed by atoms with Gasteiger partial charge in [-0.05, 0) is 35.9 Å². The van der Waals surface area contributed by atoms with Crippen LogP contribution in [0.25, 0.3) is 10.8 Å². The van der Waals surface area contributed by atoms with E-state index in [1.54, 1.807) is 54.6 Å². The van der Waals surface area contributed by atoms with Crippen molar-refractivity contribution in [1.82, 2.24) is 20.9 Å². The molecule has 2 amide bonds. The molecular weight excluding hydrogens is 450 g/mol. The van der Waals surface area contributed by atoms with Crippen molar-refractivity contribution in [3.05, 3.63) is 112 Å². The van der Waals surface area contributed by atoms with Crippen LogP contribution in [-0.2, 0) is 4.79 Å². The van der Waals surface area contributed by atoms with E-state index >= 15 is 0 Å². The van der Waals surface area contributed by atoms with E-state index in [4.69, 9.17) is 5.11 Å². The molecule has 1 aromatic heterocycles. The predicted molar refractivity (Wildman–Crippen MR) is 128 cm³/mol. The van der Waals surface area contributed by atoms with E-state index in [0.717, 1.165) is 0 Å². The number of carboxylic acids is 1. The van der Waals surface area contributed by atoms with Crippen LogP contribution < -0.4 is 16.3 Å². The number of hydrazone groups is 1. The third kappa shape index (κ3) is 5.28. The first-order chi connectivity index (χ1) is 16.9. The molecule has 35 heavy (non-hydrogen) atoms. The van der Waals surface area contributed by atoms with Crippen molar-refractivity contribution >= 4 is 34.8 Å². The fraction of sp³-hybridized carbons (Fsp3) is 0.0400. The van der Waals surface area contributed by atoms with E-state index < -0.39 is 29.4 Å². The molecule has 0 spiro atoms. The molecule has 0 saturated heterocycles. The zero-order valence-electron chi connectivity index (χ0n) is 18.1. The lowest BCUT2D eigenvalue weighted by Crippen LogP contribution is -2.40. The van der Waals surface area contributed by atoms with Crippen LogP contribution in [0.5, 0.6) is 0 Å². The average Bonchev–Trinajstić information content (AvgIpc) is 2.88. The minimum atomic E-state index is -1.28. The van der Waals surface area contributed by atoms with Gasteiger partial charge in [-0.2, -0.15) is 10.2 Å². The van der Waals surface area contributed by atoms with Crippen molar-refractivity contribution in [3.63, 3.8) is 0 Å². The number of aromatic nitrogens is 2. The molecule has 1 atom stereocenters. The highest BCUT2D eigenvalue weighted by atomic mass is 16.4. The van der Waals surface area contributed by atoms with Crippen molar-refractivity contribution in [2.45, 2.75) is 6.04 Å². The lowest BCUT2D eigenvalue weighted by atomic mass is 10.0. The van der Waals surface area contributed by atoms with Crippen molar-refractivity contribution in [3.8, 4) is 0 Å². The Labute approximate surface area is 198 Å². The van der Waals surface area contributed by atoms with Crippen LogP contribution in [0.1, 0.15) is 38.0 Å². The maximum Gasteiger partial charge on any atom is 0.335 e. The van der Waals surface area contributed by atoms with Gasteiger partial charge in [-0.25, -0.2) is 15.3 Å². The number of H-pyrrole nitrogens is 1. The molecule has 4 aromatic rings. The zero-order valence-corrected chi connectivity index (χ0v) is 18.1. The number of nitrogens with zero attached hydrogens (tertiary/aromatic N) is 2. The Bertz CT molecular complexity index is 1480. The maximum absolute atomic E-state index is 13.1. The average molecular weight is 469 g/mol. The zero-order chi connectivity index (χ0) is 24.8. The minimum Gasteiger partial charge on any atom is -0.478 e. The number of carbonyl (C=O) groups excluding carboxylic acids is 2. The Morgan fingerprint density at radius 1 is 0.886 bits per heavy atom. The van der Waals surface area contributed by atoms with Gasteiger partial charge in [0.1, 0.15) is 5.69 Å². The van der Waals surface area contributed by atoms with Crippen LogP contribution in [0, 0.1) is 0 Å². The Hall–Kier alpha value is -5.12. The normalized spacial score (nSPS) is 11.8. The number of carboxylic acid groups (broad SMARTS) is 1. The molecule has 0 aliphatic carbocycles. The van der Waals surface area contributed by atoms with Gasteiger partial charge in [0.2, 0.25) is 0 Å². The molecule has 0 radical (unpaired) electrons. The lowest BCUT2D eigenvalue weighted by molar-refractivity contribution is -0.123. The largest absolute Gasteiger partial charge is 0.478 e. The molecule has 1 heterocycles. The summed E-state index contributed by atoms with van der Waals surface area (Å²) in [7, 11) is 0. The van der Waals surface area contributed by atoms with Crippen LogP contribution in [-0.4, -0.2) is 39.3 Å². The van der Waals surface area contributed by atoms with Gasteiger partial charge in [0.25, 0.3) is 17.4 Å². The van der Waals surface area contributed by atoms with E-state index in [2.05, 4.69) is 26.0 Å². The molecule has 3 aromatic carbocycles. The second kappa shape index (κ2) is 10.2. The first-order valence-electron chi connectivity index (χ1n) is 10.4. The second-order valence-corrected chi connectivity index (χ2v) is 7.42. The highest BCUT2D eigenvalue weighted by molar-refractivity contribution is 5.99. The van der Waals surface area contributed by atoms with Gasteiger partial charge >= 0.3 is 5.97 Å². The highest BCUT2D eigenvalue weighted by Gasteiger charge is 2.27. The smallest absolute Gasteiger partial charge is 0.335 e. The SMILES string of the molecule is O=C(O)c1ccc(/C=N\NC(=O)[C@H](NC(=O)c2ccccc2)c2n[nH]c(=O)c3ccccc23)cc1. The molecule has 4 N–H and O–H groups in total. The summed E-state index contributed by atoms with van der Waals surface area (Å²) in [5, 5.41) is 22.7. The molecule has 0 aliphatic rings. The number of aromatic amines is 1. The fourth-order valence-corrected chi connectivity index (χ4v) is 3.36. The van der Waals surface area contributed by atoms with E-state index in [-0.39, 0.29) is 11.3 Å². The molecular formula is C25H19N5O5. The number of hydrogen-bond donors (Lipinski definition) is 4. The van der Waals surface area contributed by atoms with Crippen molar-refractivity contribution in [2.75, 3.05) is 0 Å². The lowest BCUT2D eigenvalue weighted by Gasteiger charge is -2.18. The first kappa shape index (κ1) is 23.1. The molecule has 0 bridgehead atoms. The summed E-state index contributed by atoms with van der Waals surface area (Å²) in [6.45, 7) is 0. The van der Waals surface area contributed by atoms with Crippen molar-refractivity contribution < 1.29 is 19.5 Å². The minimum absolute atomic E-state index is 0.117. The van der Waals surface area contributed by atoms with Crippen LogP contribution in [0.2, 0.25) is 0 Å². The number of rotatable bonds is 7. The van der Waals surface area contributed by atoms with Gasteiger partial charge in [-0.3, -0.25) is 14.4 Å². The molecule has 10 nitrogen and oxygen atoms in total. The molecule has 0 unspecified atom stereocenters. The Morgan fingerprint density at radius 2 is 1.54 bits per heavy atom. The van der Waals surface area contributed by atoms with E-state index in [0.29, 0.717) is 21.9 Å². The standard InChI is InChI=1S/C25H19N5O5/c31-22(16-6-2-1-3-7-16)27-21(20-18-8-4-5-9-19(18)23(32)30-28-20)24(33)29-26-14-15-10-12-17(13-11-15)25(34)35/h1-14,21H,(H,27,31)(H,29,33)(H,30,32)(H,34,35)/b26-14-/t21-/m1/s1.